The maximum atomic E-state index is 12.4. The van der Waals surface area contributed by atoms with E-state index in [4.69, 9.17) is 16.3 Å². The van der Waals surface area contributed by atoms with Crippen LogP contribution < -0.4 is 10.1 Å². The zero-order valence-electron chi connectivity index (χ0n) is 15.7. The highest BCUT2D eigenvalue weighted by molar-refractivity contribution is 6.34. The summed E-state index contributed by atoms with van der Waals surface area (Å²) in [5.74, 6) is 0.854. The lowest BCUT2D eigenvalue weighted by Gasteiger charge is -2.08. The molecule has 0 spiro atoms. The molecule has 2 aromatic heterocycles. The quantitative estimate of drug-likeness (QED) is 0.353. The van der Waals surface area contributed by atoms with Crippen LogP contribution in [-0.4, -0.2) is 30.8 Å². The van der Waals surface area contributed by atoms with Crippen LogP contribution in [0.1, 0.15) is 10.4 Å². The number of benzene rings is 2. The molecular weight excluding hydrogens is 424 g/mol. The SMILES string of the molecule is O=C(Nc1ccc(Oc2ccc(-n3cccn3)nn2)cc1)c1ccc([N+](=O)[O-])cc1Cl. The van der Waals surface area contributed by atoms with E-state index in [1.807, 2.05) is 0 Å². The molecule has 4 rings (SSSR count). The van der Waals surface area contributed by atoms with Crippen LogP contribution in [0.3, 0.4) is 0 Å². The lowest BCUT2D eigenvalue weighted by molar-refractivity contribution is -0.384. The van der Waals surface area contributed by atoms with Crippen LogP contribution >= 0.6 is 11.6 Å². The molecular formula is C20H13ClN6O4. The van der Waals surface area contributed by atoms with E-state index in [1.165, 1.54) is 12.1 Å². The van der Waals surface area contributed by atoms with Gasteiger partial charge in [-0.15, -0.1) is 10.2 Å². The second-order valence-corrected chi connectivity index (χ2v) is 6.59. The predicted octanol–water partition coefficient (Wildman–Crippen LogP) is 4.27. The van der Waals surface area contributed by atoms with Crippen LogP contribution in [0.25, 0.3) is 5.82 Å². The molecule has 0 saturated carbocycles. The molecule has 1 amide bonds. The summed E-state index contributed by atoms with van der Waals surface area (Å²) in [7, 11) is 0. The number of rotatable bonds is 6. The molecule has 11 heteroatoms. The molecule has 31 heavy (non-hydrogen) atoms. The van der Waals surface area contributed by atoms with Gasteiger partial charge in [0.05, 0.1) is 15.5 Å². The molecule has 0 aliphatic heterocycles. The highest BCUT2D eigenvalue weighted by atomic mass is 35.5. The van der Waals surface area contributed by atoms with Crippen LogP contribution in [0.15, 0.2) is 73.1 Å². The minimum atomic E-state index is -0.582. The molecule has 0 saturated heterocycles. The number of nitrogens with one attached hydrogen (secondary N) is 1. The van der Waals surface area contributed by atoms with E-state index < -0.39 is 10.8 Å². The first-order valence-corrected chi connectivity index (χ1v) is 9.24. The van der Waals surface area contributed by atoms with Crippen molar-refractivity contribution in [2.24, 2.45) is 0 Å². The van der Waals surface area contributed by atoms with Crippen molar-refractivity contribution in [2.75, 3.05) is 5.32 Å². The van der Waals surface area contributed by atoms with Crippen LogP contribution in [0.5, 0.6) is 11.6 Å². The largest absolute Gasteiger partial charge is 0.438 e. The highest BCUT2D eigenvalue weighted by Gasteiger charge is 2.15. The summed E-state index contributed by atoms with van der Waals surface area (Å²) in [6.45, 7) is 0. The van der Waals surface area contributed by atoms with Crippen LogP contribution in [-0.2, 0) is 0 Å². The van der Waals surface area contributed by atoms with E-state index in [-0.39, 0.29) is 16.3 Å². The number of carbonyl (C=O) groups excluding carboxylic acids is 1. The topological polar surface area (TPSA) is 125 Å². The predicted molar refractivity (Wildman–Crippen MR) is 112 cm³/mol. The maximum Gasteiger partial charge on any atom is 0.270 e. The Kier molecular flexibility index (Phi) is 5.54. The zero-order chi connectivity index (χ0) is 21.8. The first-order valence-electron chi connectivity index (χ1n) is 8.86. The van der Waals surface area contributed by atoms with E-state index in [1.54, 1.807) is 59.5 Å². The van der Waals surface area contributed by atoms with Gasteiger partial charge in [0.15, 0.2) is 5.82 Å². The third-order valence-corrected chi connectivity index (χ3v) is 4.42. The Morgan fingerprint density at radius 2 is 1.90 bits per heavy atom. The molecule has 10 nitrogen and oxygen atoms in total. The molecule has 0 radical (unpaired) electrons. The van der Waals surface area contributed by atoms with Crippen LogP contribution in [0.4, 0.5) is 11.4 Å². The van der Waals surface area contributed by atoms with E-state index in [9.17, 15) is 14.9 Å². The molecule has 4 aromatic rings. The molecule has 0 aliphatic carbocycles. The molecule has 0 aliphatic rings. The van der Waals surface area contributed by atoms with Crippen LogP contribution in [0.2, 0.25) is 5.02 Å². The third-order valence-electron chi connectivity index (χ3n) is 4.11. The van der Waals surface area contributed by atoms with Gasteiger partial charge in [-0.1, -0.05) is 11.6 Å². The normalized spacial score (nSPS) is 10.5. The Bertz CT molecular complexity index is 1230. The number of non-ortho nitro benzene ring substituents is 1. The number of hydrogen-bond donors (Lipinski definition) is 1. The van der Waals surface area contributed by atoms with Crippen LogP contribution in [0, 0.1) is 10.1 Å². The number of nitro groups is 1. The second-order valence-electron chi connectivity index (χ2n) is 6.18. The maximum absolute atomic E-state index is 12.4. The highest BCUT2D eigenvalue weighted by Crippen LogP contribution is 2.25. The number of ether oxygens (including phenoxy) is 1. The van der Waals surface area contributed by atoms with Gasteiger partial charge in [-0.05, 0) is 42.5 Å². The zero-order valence-corrected chi connectivity index (χ0v) is 16.4. The average Bonchev–Trinajstić information content (AvgIpc) is 3.30. The first-order chi connectivity index (χ1) is 15.0. The average molecular weight is 437 g/mol. The van der Waals surface area contributed by atoms with Crippen molar-refractivity contribution in [1.29, 1.82) is 0 Å². The van der Waals surface area contributed by atoms with E-state index in [0.717, 1.165) is 6.07 Å². The number of nitrogens with zero attached hydrogens (tertiary/aromatic N) is 5. The Hall–Kier alpha value is -4.31. The van der Waals surface area contributed by atoms with E-state index in [0.29, 0.717) is 23.1 Å². The number of anilines is 1. The fourth-order valence-electron chi connectivity index (χ4n) is 2.62. The summed E-state index contributed by atoms with van der Waals surface area (Å²) in [6.07, 6.45) is 3.39. The number of hydrogen-bond acceptors (Lipinski definition) is 7. The minimum Gasteiger partial charge on any atom is -0.438 e. The fourth-order valence-corrected chi connectivity index (χ4v) is 2.88. The van der Waals surface area contributed by atoms with Crippen molar-refractivity contribution in [3.05, 3.63) is 93.8 Å². The standard InChI is InChI=1S/C20H13ClN6O4/c21-17-12-14(27(29)30)4-7-16(17)20(28)23-13-2-5-15(6-3-13)31-19-9-8-18(24-25-19)26-11-1-10-22-26/h1-12H,(H,23,28). The Labute approximate surface area is 180 Å². The van der Waals surface area contributed by atoms with E-state index in [2.05, 4.69) is 20.6 Å². The molecule has 0 fully saturated rings. The number of halogens is 1. The molecule has 0 atom stereocenters. The van der Waals surface area contributed by atoms with Gasteiger partial charge >= 0.3 is 0 Å². The van der Waals surface area contributed by atoms with Crippen molar-refractivity contribution in [1.82, 2.24) is 20.0 Å². The van der Waals surface area contributed by atoms with E-state index >= 15 is 0 Å². The minimum absolute atomic E-state index is 0.0104. The lowest BCUT2D eigenvalue weighted by Crippen LogP contribution is -2.12. The smallest absolute Gasteiger partial charge is 0.270 e. The summed E-state index contributed by atoms with van der Waals surface area (Å²) in [6, 6.07) is 15.4. The summed E-state index contributed by atoms with van der Waals surface area (Å²) in [5, 5.41) is 25.6. The fraction of sp³-hybridized carbons (Fsp3) is 0. The van der Waals surface area contributed by atoms with Crippen molar-refractivity contribution in [3.63, 3.8) is 0 Å². The number of carbonyl (C=O) groups is 1. The molecule has 2 heterocycles. The van der Waals surface area contributed by atoms with Crippen molar-refractivity contribution < 1.29 is 14.5 Å². The first kappa shape index (κ1) is 20.0. The summed E-state index contributed by atoms with van der Waals surface area (Å²) in [5.41, 5.74) is 0.427. The monoisotopic (exact) mass is 436 g/mol. The molecule has 0 bridgehead atoms. The van der Waals surface area contributed by atoms with Gasteiger partial charge in [0.25, 0.3) is 11.6 Å². The van der Waals surface area contributed by atoms with Gasteiger partial charge < -0.3 is 10.1 Å². The lowest BCUT2D eigenvalue weighted by atomic mass is 10.2. The Morgan fingerprint density at radius 3 is 2.52 bits per heavy atom. The third kappa shape index (κ3) is 4.65. The molecule has 1 N–H and O–H groups in total. The van der Waals surface area contributed by atoms with Crippen molar-refractivity contribution >= 4 is 28.9 Å². The Balaban J connectivity index is 1.40. The summed E-state index contributed by atoms with van der Waals surface area (Å²) in [4.78, 5) is 22.6. The number of amides is 1. The van der Waals surface area contributed by atoms with Gasteiger partial charge in [-0.2, -0.15) is 5.10 Å². The van der Waals surface area contributed by atoms with Gasteiger partial charge in [0.2, 0.25) is 5.88 Å². The van der Waals surface area contributed by atoms with Gasteiger partial charge in [0.1, 0.15) is 5.75 Å². The van der Waals surface area contributed by atoms with Crippen molar-refractivity contribution in [3.8, 4) is 17.4 Å². The molecule has 0 unspecified atom stereocenters. The van der Waals surface area contributed by atoms with Crippen molar-refractivity contribution in [2.45, 2.75) is 0 Å². The Morgan fingerprint density at radius 1 is 1.10 bits per heavy atom. The van der Waals surface area contributed by atoms with Gasteiger partial charge in [-0.3, -0.25) is 14.9 Å². The van der Waals surface area contributed by atoms with Gasteiger partial charge in [-0.25, -0.2) is 4.68 Å². The second kappa shape index (κ2) is 8.59. The van der Waals surface area contributed by atoms with Gasteiger partial charge in [0, 0.05) is 36.3 Å². The molecule has 154 valence electrons. The summed E-state index contributed by atoms with van der Waals surface area (Å²) < 4.78 is 7.22. The number of nitro benzene ring substituents is 1. The summed E-state index contributed by atoms with van der Waals surface area (Å²) >= 11 is 5.99. The number of aromatic nitrogens is 4. The molecule has 2 aromatic carbocycles.